The number of hydrogen-bond donors (Lipinski definition) is 0. The third-order valence-electron chi connectivity index (χ3n) is 9.92. The molecular formula is C26H42O. The van der Waals surface area contributed by atoms with Gasteiger partial charge in [0.2, 0.25) is 0 Å². The summed E-state index contributed by atoms with van der Waals surface area (Å²) in [5.74, 6) is 4.63. The monoisotopic (exact) mass is 370 g/mol. The van der Waals surface area contributed by atoms with Crippen molar-refractivity contribution in [1.29, 1.82) is 0 Å². The molecule has 1 unspecified atom stereocenters. The van der Waals surface area contributed by atoms with Crippen LogP contribution in [0, 0.1) is 40.4 Å². The molecule has 7 atom stereocenters. The molecule has 0 amide bonds. The summed E-state index contributed by atoms with van der Waals surface area (Å²) in [4.78, 5) is 13.1. The van der Waals surface area contributed by atoms with Crippen LogP contribution in [0.5, 0.6) is 0 Å². The van der Waals surface area contributed by atoms with Crippen LogP contribution in [-0.4, -0.2) is 5.78 Å². The van der Waals surface area contributed by atoms with E-state index in [2.05, 4.69) is 33.8 Å². The smallest absolute Gasteiger partial charge is 0.136 e. The van der Waals surface area contributed by atoms with E-state index in [9.17, 15) is 4.79 Å². The maximum atomic E-state index is 13.1. The Kier molecular flexibility index (Phi) is 5.36. The van der Waals surface area contributed by atoms with E-state index in [4.69, 9.17) is 0 Å². The lowest BCUT2D eigenvalue weighted by Crippen LogP contribution is -2.53. The van der Waals surface area contributed by atoms with Gasteiger partial charge in [0.1, 0.15) is 5.78 Å². The Morgan fingerprint density at radius 1 is 0.889 bits per heavy atom. The Hall–Kier alpha value is -0.590. The molecule has 0 heterocycles. The van der Waals surface area contributed by atoms with Crippen molar-refractivity contribution in [2.45, 2.75) is 105 Å². The first-order chi connectivity index (χ1) is 12.9. The van der Waals surface area contributed by atoms with Crippen molar-refractivity contribution in [1.82, 2.24) is 0 Å². The van der Waals surface area contributed by atoms with Crippen LogP contribution in [0.4, 0.5) is 0 Å². The Balaban J connectivity index is 1.49. The second kappa shape index (κ2) is 7.34. The SMILES string of the molecule is CC(C)=CCCC(=O)C1CC[C@H]2[C@@H]3CC[C@H]4CCCC[C@]4(C)[C@H]3CC[C@]12C. The molecule has 1 heteroatoms. The molecule has 27 heavy (non-hydrogen) atoms. The molecule has 1 nitrogen and oxygen atoms in total. The van der Waals surface area contributed by atoms with E-state index in [1.54, 1.807) is 0 Å². The van der Waals surface area contributed by atoms with Crippen LogP contribution >= 0.6 is 0 Å². The van der Waals surface area contributed by atoms with Crippen molar-refractivity contribution >= 4 is 5.78 Å². The summed E-state index contributed by atoms with van der Waals surface area (Å²) < 4.78 is 0. The van der Waals surface area contributed by atoms with E-state index in [0.717, 1.165) is 36.5 Å². The second-order valence-electron chi connectivity index (χ2n) is 11.4. The Labute approximate surface area is 167 Å². The fourth-order valence-corrected chi connectivity index (χ4v) is 8.50. The predicted molar refractivity (Wildman–Crippen MR) is 114 cm³/mol. The van der Waals surface area contributed by atoms with E-state index in [1.165, 1.54) is 69.8 Å². The molecule has 0 saturated heterocycles. The fraction of sp³-hybridized carbons (Fsp3) is 0.885. The van der Waals surface area contributed by atoms with Crippen LogP contribution in [0.2, 0.25) is 0 Å². The molecule has 0 aromatic heterocycles. The Morgan fingerprint density at radius 3 is 2.44 bits per heavy atom. The van der Waals surface area contributed by atoms with E-state index >= 15 is 0 Å². The van der Waals surface area contributed by atoms with E-state index < -0.39 is 0 Å². The van der Waals surface area contributed by atoms with Gasteiger partial charge in [0.25, 0.3) is 0 Å². The molecule has 4 aliphatic carbocycles. The topological polar surface area (TPSA) is 17.1 Å². The molecule has 4 aliphatic rings. The lowest BCUT2D eigenvalue weighted by molar-refractivity contribution is -0.135. The van der Waals surface area contributed by atoms with Crippen LogP contribution in [0.15, 0.2) is 11.6 Å². The molecule has 4 fully saturated rings. The average molecular weight is 371 g/mol. The number of Topliss-reactive ketones (excluding diaryl/α,β-unsaturated/α-hetero) is 1. The molecule has 0 spiro atoms. The average Bonchev–Trinajstić information content (AvgIpc) is 2.98. The van der Waals surface area contributed by atoms with Crippen LogP contribution in [0.1, 0.15) is 105 Å². The number of hydrogen-bond acceptors (Lipinski definition) is 1. The number of carbonyl (C=O) groups excluding carboxylic acids is 1. The maximum Gasteiger partial charge on any atom is 0.136 e. The van der Waals surface area contributed by atoms with Gasteiger partial charge in [-0.1, -0.05) is 38.3 Å². The molecular weight excluding hydrogens is 328 g/mol. The molecule has 0 aromatic carbocycles. The highest BCUT2D eigenvalue weighted by molar-refractivity contribution is 5.82. The molecule has 0 radical (unpaired) electrons. The molecule has 0 aromatic rings. The van der Waals surface area contributed by atoms with Gasteiger partial charge in [-0.25, -0.2) is 0 Å². The van der Waals surface area contributed by atoms with Gasteiger partial charge < -0.3 is 0 Å². The number of rotatable bonds is 4. The minimum atomic E-state index is 0.307. The normalized spacial score (nSPS) is 46.1. The van der Waals surface area contributed by atoms with Gasteiger partial charge in [-0.3, -0.25) is 4.79 Å². The molecule has 0 N–H and O–H groups in total. The van der Waals surface area contributed by atoms with Gasteiger partial charge in [-0.05, 0) is 106 Å². The van der Waals surface area contributed by atoms with Gasteiger partial charge in [0.15, 0.2) is 0 Å². The zero-order valence-corrected chi connectivity index (χ0v) is 18.4. The fourth-order valence-electron chi connectivity index (χ4n) is 8.50. The van der Waals surface area contributed by atoms with Gasteiger partial charge in [-0.15, -0.1) is 0 Å². The van der Waals surface area contributed by atoms with Crippen molar-refractivity contribution in [3.05, 3.63) is 11.6 Å². The lowest BCUT2D eigenvalue weighted by atomic mass is 9.45. The van der Waals surface area contributed by atoms with Crippen LogP contribution in [-0.2, 0) is 4.79 Å². The van der Waals surface area contributed by atoms with Crippen molar-refractivity contribution in [3.8, 4) is 0 Å². The van der Waals surface area contributed by atoms with Gasteiger partial charge >= 0.3 is 0 Å². The highest BCUT2D eigenvalue weighted by atomic mass is 16.1. The third-order valence-corrected chi connectivity index (χ3v) is 9.92. The summed E-state index contributed by atoms with van der Waals surface area (Å²) >= 11 is 0. The first-order valence-corrected chi connectivity index (χ1v) is 12.0. The highest BCUT2D eigenvalue weighted by Gasteiger charge is 2.60. The Morgan fingerprint density at radius 2 is 1.67 bits per heavy atom. The summed E-state index contributed by atoms with van der Waals surface area (Å²) in [6.45, 7) is 9.45. The zero-order chi connectivity index (χ0) is 19.2. The molecule has 0 bridgehead atoms. The van der Waals surface area contributed by atoms with E-state index in [-0.39, 0.29) is 0 Å². The lowest BCUT2D eigenvalue weighted by Gasteiger charge is -2.60. The third kappa shape index (κ3) is 3.25. The van der Waals surface area contributed by atoms with Crippen molar-refractivity contribution in [3.63, 3.8) is 0 Å². The van der Waals surface area contributed by atoms with E-state index in [0.29, 0.717) is 22.5 Å². The predicted octanol–water partition coefficient (Wildman–Crippen LogP) is 7.35. The summed E-state index contributed by atoms with van der Waals surface area (Å²) in [5.41, 5.74) is 2.27. The Bertz CT molecular complexity index is 599. The largest absolute Gasteiger partial charge is 0.299 e. The summed E-state index contributed by atoms with van der Waals surface area (Å²) in [6, 6.07) is 0. The van der Waals surface area contributed by atoms with Gasteiger partial charge in [0, 0.05) is 12.3 Å². The minimum absolute atomic E-state index is 0.307. The van der Waals surface area contributed by atoms with Crippen LogP contribution in [0.25, 0.3) is 0 Å². The highest BCUT2D eigenvalue weighted by Crippen LogP contribution is 2.67. The molecule has 4 saturated carbocycles. The maximum absolute atomic E-state index is 13.1. The second-order valence-corrected chi connectivity index (χ2v) is 11.4. The summed E-state index contributed by atoms with van der Waals surface area (Å²) in [6.07, 6.45) is 18.0. The number of carbonyl (C=O) groups is 1. The van der Waals surface area contributed by atoms with E-state index in [1.807, 2.05) is 0 Å². The van der Waals surface area contributed by atoms with Crippen LogP contribution in [0.3, 0.4) is 0 Å². The summed E-state index contributed by atoms with van der Waals surface area (Å²) in [5, 5.41) is 0. The van der Waals surface area contributed by atoms with Crippen LogP contribution < -0.4 is 0 Å². The zero-order valence-electron chi connectivity index (χ0n) is 18.4. The minimum Gasteiger partial charge on any atom is -0.299 e. The quantitative estimate of drug-likeness (QED) is 0.473. The van der Waals surface area contributed by atoms with Crippen molar-refractivity contribution in [2.24, 2.45) is 40.4 Å². The van der Waals surface area contributed by atoms with Gasteiger partial charge in [0.05, 0.1) is 0 Å². The number of ketones is 1. The standard InChI is InChI=1S/C26H42O/c1-18(2)8-7-10-24(27)23-14-13-21-20-12-11-19-9-5-6-16-25(19,3)22(20)15-17-26(21,23)4/h8,19-23H,5-7,9-17H2,1-4H3/t19-,20+,21+,22+,23?,25+,26+/m1/s1. The van der Waals surface area contributed by atoms with Crippen molar-refractivity contribution < 1.29 is 4.79 Å². The number of fused-ring (bicyclic) bond motifs is 5. The van der Waals surface area contributed by atoms with Crippen molar-refractivity contribution in [2.75, 3.05) is 0 Å². The molecule has 0 aliphatic heterocycles. The number of allylic oxidation sites excluding steroid dienone is 2. The first kappa shape index (κ1) is 19.7. The molecule has 152 valence electrons. The first-order valence-electron chi connectivity index (χ1n) is 12.0. The molecule has 4 rings (SSSR count). The summed E-state index contributed by atoms with van der Waals surface area (Å²) in [7, 11) is 0. The van der Waals surface area contributed by atoms with Gasteiger partial charge in [-0.2, -0.15) is 0 Å².